The van der Waals surface area contributed by atoms with Crippen LogP contribution in [0.1, 0.15) is 29.5 Å². The van der Waals surface area contributed by atoms with E-state index in [9.17, 15) is 13.0 Å². The number of benzene rings is 2. The van der Waals surface area contributed by atoms with Crippen molar-refractivity contribution in [2.45, 2.75) is 43.5 Å². The molecule has 0 spiro atoms. The van der Waals surface area contributed by atoms with Gasteiger partial charge >= 0.3 is 0 Å². The number of rotatable bonds is 9. The molecule has 2 aromatic rings. The first-order valence-corrected chi connectivity index (χ1v) is 10.8. The molecule has 0 amide bonds. The van der Waals surface area contributed by atoms with Crippen LogP contribution in [0.3, 0.4) is 0 Å². The first-order valence-electron chi connectivity index (χ1n) is 9.35. The minimum atomic E-state index is -4.27. The molecule has 0 bridgehead atoms. The molecule has 0 radical (unpaired) electrons. The van der Waals surface area contributed by atoms with Crippen LogP contribution < -0.4 is 0 Å². The number of ether oxygens (including phenoxy) is 3. The quantitative estimate of drug-likeness (QED) is 0.507. The fourth-order valence-electron chi connectivity index (χ4n) is 3.38. The molecule has 7 heteroatoms. The Morgan fingerprint density at radius 2 is 1.79 bits per heavy atom. The summed E-state index contributed by atoms with van der Waals surface area (Å²) in [5, 5.41) is 0. The van der Waals surface area contributed by atoms with E-state index in [4.69, 9.17) is 14.2 Å². The van der Waals surface area contributed by atoms with Crippen molar-refractivity contribution in [2.75, 3.05) is 19.8 Å². The predicted octanol–water partition coefficient (Wildman–Crippen LogP) is 3.52. The molecule has 0 aromatic heterocycles. The van der Waals surface area contributed by atoms with Gasteiger partial charge in [-0.05, 0) is 30.5 Å². The molecule has 1 fully saturated rings. The highest BCUT2D eigenvalue weighted by Gasteiger charge is 2.36. The van der Waals surface area contributed by atoms with Crippen molar-refractivity contribution in [1.82, 2.24) is 0 Å². The average molecular weight is 407 g/mol. The van der Waals surface area contributed by atoms with Crippen molar-refractivity contribution < 1.29 is 27.2 Å². The lowest BCUT2D eigenvalue weighted by atomic mass is 10.0. The molecule has 6 nitrogen and oxygen atoms in total. The Morgan fingerprint density at radius 3 is 2.46 bits per heavy atom. The van der Waals surface area contributed by atoms with Crippen LogP contribution in [0.5, 0.6) is 0 Å². The van der Waals surface area contributed by atoms with E-state index in [-0.39, 0.29) is 4.90 Å². The van der Waals surface area contributed by atoms with Gasteiger partial charge in [-0.1, -0.05) is 48.0 Å². The summed E-state index contributed by atoms with van der Waals surface area (Å²) in [5.41, 5.74) is 2.59. The van der Waals surface area contributed by atoms with Crippen molar-refractivity contribution in [3.05, 3.63) is 65.2 Å². The molecule has 1 saturated heterocycles. The molecule has 0 saturated carbocycles. The zero-order valence-corrected chi connectivity index (χ0v) is 16.8. The maximum atomic E-state index is 11.7. The first-order chi connectivity index (χ1) is 13.4. The molecule has 1 aliphatic heterocycles. The van der Waals surface area contributed by atoms with Crippen LogP contribution in [0.25, 0.3) is 0 Å². The zero-order chi connectivity index (χ0) is 20.0. The molecule has 2 aromatic carbocycles. The van der Waals surface area contributed by atoms with Gasteiger partial charge in [0.25, 0.3) is 10.1 Å². The molecule has 1 heterocycles. The zero-order valence-electron chi connectivity index (χ0n) is 16.0. The van der Waals surface area contributed by atoms with Gasteiger partial charge in [0.05, 0.1) is 31.3 Å². The standard InChI is InChI=1S/C21H26O6S/c1-17-7-8-20(28(22,23)24)19(15-17)9-10-21(26-13-14-27-21)11-12-25-16-18-5-3-2-4-6-18/h2-8,15H,9-14,16H2,1H3,(H,22,23,24). The molecule has 0 unspecified atom stereocenters. The van der Waals surface area contributed by atoms with E-state index in [2.05, 4.69) is 0 Å². The number of hydrogen-bond donors (Lipinski definition) is 1. The van der Waals surface area contributed by atoms with Gasteiger partial charge < -0.3 is 14.2 Å². The van der Waals surface area contributed by atoms with Crippen molar-refractivity contribution in [3.8, 4) is 0 Å². The van der Waals surface area contributed by atoms with Gasteiger partial charge in [0.15, 0.2) is 5.79 Å². The van der Waals surface area contributed by atoms with Crippen molar-refractivity contribution >= 4 is 10.1 Å². The van der Waals surface area contributed by atoms with Gasteiger partial charge in [0, 0.05) is 12.8 Å². The van der Waals surface area contributed by atoms with Crippen LogP contribution in [0.2, 0.25) is 0 Å². The largest absolute Gasteiger partial charge is 0.377 e. The van der Waals surface area contributed by atoms with E-state index in [1.54, 1.807) is 12.1 Å². The van der Waals surface area contributed by atoms with E-state index < -0.39 is 15.9 Å². The minimum absolute atomic E-state index is 0.0634. The van der Waals surface area contributed by atoms with Gasteiger partial charge in [-0.25, -0.2) is 0 Å². The SMILES string of the molecule is Cc1ccc(S(=O)(=O)O)c(CCC2(CCOCc3ccccc3)OCCO2)c1. The van der Waals surface area contributed by atoms with Crippen molar-refractivity contribution in [2.24, 2.45) is 0 Å². The predicted molar refractivity (Wildman–Crippen MR) is 105 cm³/mol. The molecule has 28 heavy (non-hydrogen) atoms. The topological polar surface area (TPSA) is 82.1 Å². The van der Waals surface area contributed by atoms with E-state index >= 15 is 0 Å². The summed E-state index contributed by atoms with van der Waals surface area (Å²) >= 11 is 0. The van der Waals surface area contributed by atoms with Crippen LogP contribution >= 0.6 is 0 Å². The van der Waals surface area contributed by atoms with Gasteiger partial charge in [0.2, 0.25) is 0 Å². The molecule has 152 valence electrons. The van der Waals surface area contributed by atoms with Gasteiger partial charge in [-0.2, -0.15) is 8.42 Å². The Bertz CT molecular complexity index is 873. The summed E-state index contributed by atoms with van der Waals surface area (Å²) in [6.07, 6.45) is 1.44. The van der Waals surface area contributed by atoms with Crippen molar-refractivity contribution in [1.29, 1.82) is 0 Å². The second kappa shape index (κ2) is 9.15. The number of hydrogen-bond acceptors (Lipinski definition) is 5. The second-order valence-electron chi connectivity index (χ2n) is 6.98. The lowest BCUT2D eigenvalue weighted by Crippen LogP contribution is -2.32. The van der Waals surface area contributed by atoms with Crippen molar-refractivity contribution in [3.63, 3.8) is 0 Å². The molecular formula is C21H26O6S. The smallest absolute Gasteiger partial charge is 0.294 e. The number of aryl methyl sites for hydroxylation is 2. The summed E-state index contributed by atoms with van der Waals surface area (Å²) in [5.74, 6) is -0.795. The second-order valence-corrected chi connectivity index (χ2v) is 8.37. The van der Waals surface area contributed by atoms with Crippen LogP contribution in [0.4, 0.5) is 0 Å². The average Bonchev–Trinajstić information content (AvgIpc) is 3.13. The third-order valence-corrected chi connectivity index (χ3v) is 5.78. The maximum absolute atomic E-state index is 11.7. The molecule has 1 aliphatic rings. The Balaban J connectivity index is 1.61. The third kappa shape index (κ3) is 5.62. The van der Waals surface area contributed by atoms with Crippen LogP contribution in [-0.2, 0) is 37.4 Å². The molecule has 0 atom stereocenters. The highest BCUT2D eigenvalue weighted by Crippen LogP contribution is 2.30. The monoisotopic (exact) mass is 406 g/mol. The van der Waals surface area contributed by atoms with E-state index in [0.29, 0.717) is 51.3 Å². The van der Waals surface area contributed by atoms with E-state index in [1.165, 1.54) is 6.07 Å². The Labute approximate surface area is 166 Å². The first kappa shape index (κ1) is 21.0. The summed E-state index contributed by atoms with van der Waals surface area (Å²) in [4.78, 5) is -0.0634. The molecule has 0 aliphatic carbocycles. The van der Waals surface area contributed by atoms with Crippen LogP contribution in [0.15, 0.2) is 53.4 Å². The normalized spacial score (nSPS) is 16.4. The highest BCUT2D eigenvalue weighted by molar-refractivity contribution is 7.85. The molecular weight excluding hydrogens is 380 g/mol. The van der Waals surface area contributed by atoms with Crippen LogP contribution in [-0.4, -0.2) is 38.6 Å². The minimum Gasteiger partial charge on any atom is -0.377 e. The fraction of sp³-hybridized carbons (Fsp3) is 0.429. The van der Waals surface area contributed by atoms with Crippen LogP contribution in [0, 0.1) is 6.92 Å². The van der Waals surface area contributed by atoms with Gasteiger partial charge in [-0.15, -0.1) is 0 Å². The lowest BCUT2D eigenvalue weighted by molar-refractivity contribution is -0.175. The summed E-state index contributed by atoms with van der Waals surface area (Å²) in [7, 11) is -4.27. The summed E-state index contributed by atoms with van der Waals surface area (Å²) in [6.45, 7) is 3.86. The Morgan fingerprint density at radius 1 is 1.07 bits per heavy atom. The maximum Gasteiger partial charge on any atom is 0.294 e. The highest BCUT2D eigenvalue weighted by atomic mass is 32.2. The molecule has 3 rings (SSSR count). The van der Waals surface area contributed by atoms with Gasteiger partial charge in [-0.3, -0.25) is 4.55 Å². The fourth-order valence-corrected chi connectivity index (χ4v) is 4.12. The summed E-state index contributed by atoms with van der Waals surface area (Å²) in [6, 6.07) is 14.8. The Kier molecular flexibility index (Phi) is 6.85. The Hall–Kier alpha value is -1.77. The van der Waals surface area contributed by atoms with E-state index in [0.717, 1.165) is 11.1 Å². The van der Waals surface area contributed by atoms with Gasteiger partial charge in [0.1, 0.15) is 0 Å². The summed E-state index contributed by atoms with van der Waals surface area (Å²) < 4.78 is 50.3. The third-order valence-electron chi connectivity index (χ3n) is 4.82. The lowest BCUT2D eigenvalue weighted by Gasteiger charge is -2.27. The van der Waals surface area contributed by atoms with E-state index in [1.807, 2.05) is 37.3 Å². The molecule has 1 N–H and O–H groups in total.